The van der Waals surface area contributed by atoms with Crippen molar-refractivity contribution in [3.05, 3.63) is 29.8 Å². The number of hydrogen-bond acceptors (Lipinski definition) is 4. The van der Waals surface area contributed by atoms with Crippen LogP contribution in [-0.2, 0) is 4.79 Å². The first-order valence-corrected chi connectivity index (χ1v) is 10.7. The Hall–Kier alpha value is -1.59. The molecule has 2 heterocycles. The lowest BCUT2D eigenvalue weighted by Crippen LogP contribution is -2.50. The van der Waals surface area contributed by atoms with E-state index in [1.54, 1.807) is 0 Å². The number of carbonyl (C=O) groups is 1. The molecule has 1 aliphatic carbocycles. The molecule has 3 fully saturated rings. The number of piperazine rings is 1. The normalized spacial score (nSPS) is 26.6. The van der Waals surface area contributed by atoms with Gasteiger partial charge in [-0.1, -0.05) is 17.7 Å². The van der Waals surface area contributed by atoms with E-state index in [0.717, 1.165) is 58.0 Å². The molecule has 0 bridgehead atoms. The highest BCUT2D eigenvalue weighted by atomic mass is 16.2. The number of benzene rings is 1. The van der Waals surface area contributed by atoms with Gasteiger partial charge in [0.1, 0.15) is 0 Å². The molecule has 0 unspecified atom stereocenters. The minimum Gasteiger partial charge on any atom is -0.368 e. The van der Waals surface area contributed by atoms with Crippen LogP contribution in [0.3, 0.4) is 0 Å². The van der Waals surface area contributed by atoms with Gasteiger partial charge in [0.25, 0.3) is 0 Å². The number of carbonyl (C=O) groups excluding carboxylic acids is 1. The first-order valence-electron chi connectivity index (χ1n) is 10.7. The van der Waals surface area contributed by atoms with E-state index in [2.05, 4.69) is 45.9 Å². The second-order valence-electron chi connectivity index (χ2n) is 8.67. The molecular formula is C22H34N4O. The van der Waals surface area contributed by atoms with E-state index in [0.29, 0.717) is 24.4 Å². The second-order valence-corrected chi connectivity index (χ2v) is 8.67. The van der Waals surface area contributed by atoms with E-state index in [1.165, 1.54) is 24.1 Å². The summed E-state index contributed by atoms with van der Waals surface area (Å²) in [7, 11) is 0. The summed E-state index contributed by atoms with van der Waals surface area (Å²) in [5.41, 5.74) is 8.55. The van der Waals surface area contributed by atoms with Crippen molar-refractivity contribution in [1.29, 1.82) is 0 Å². The van der Waals surface area contributed by atoms with Crippen LogP contribution < -0.4 is 10.6 Å². The fraction of sp³-hybridized carbons (Fsp3) is 0.682. The van der Waals surface area contributed by atoms with Crippen molar-refractivity contribution in [3.8, 4) is 0 Å². The molecule has 4 rings (SSSR count). The Morgan fingerprint density at radius 3 is 2.30 bits per heavy atom. The van der Waals surface area contributed by atoms with Crippen molar-refractivity contribution in [2.45, 2.75) is 51.1 Å². The zero-order valence-electron chi connectivity index (χ0n) is 16.6. The summed E-state index contributed by atoms with van der Waals surface area (Å²) in [6.45, 7) is 7.52. The van der Waals surface area contributed by atoms with Crippen LogP contribution in [0.5, 0.6) is 0 Å². The van der Waals surface area contributed by atoms with Gasteiger partial charge in [0.2, 0.25) is 5.91 Å². The lowest BCUT2D eigenvalue weighted by atomic mass is 10.1. The molecule has 0 aromatic heterocycles. The van der Waals surface area contributed by atoms with E-state index in [1.807, 2.05) is 0 Å². The molecule has 2 atom stereocenters. The maximum absolute atomic E-state index is 12.9. The van der Waals surface area contributed by atoms with Crippen LogP contribution in [0.25, 0.3) is 0 Å². The summed E-state index contributed by atoms with van der Waals surface area (Å²) in [5, 5.41) is 0. The number of amides is 1. The fourth-order valence-corrected chi connectivity index (χ4v) is 4.68. The molecule has 2 aliphatic heterocycles. The first kappa shape index (κ1) is 18.8. The molecular weight excluding hydrogens is 336 g/mol. The number of rotatable bonds is 6. The van der Waals surface area contributed by atoms with Gasteiger partial charge < -0.3 is 15.5 Å². The van der Waals surface area contributed by atoms with E-state index < -0.39 is 0 Å². The van der Waals surface area contributed by atoms with Crippen molar-refractivity contribution < 1.29 is 4.79 Å². The van der Waals surface area contributed by atoms with Crippen LogP contribution in [0.1, 0.15) is 37.7 Å². The summed E-state index contributed by atoms with van der Waals surface area (Å²) in [6.07, 6.45) is 5.67. The van der Waals surface area contributed by atoms with Crippen molar-refractivity contribution in [2.24, 2.45) is 11.7 Å². The Labute approximate surface area is 163 Å². The molecule has 3 aliphatic rings. The third kappa shape index (κ3) is 4.46. The molecule has 1 saturated carbocycles. The van der Waals surface area contributed by atoms with Gasteiger partial charge in [0.15, 0.2) is 0 Å². The highest BCUT2D eigenvalue weighted by molar-refractivity contribution is 5.77. The predicted molar refractivity (Wildman–Crippen MR) is 110 cm³/mol. The second kappa shape index (κ2) is 8.19. The molecule has 5 nitrogen and oxygen atoms in total. The van der Waals surface area contributed by atoms with Crippen LogP contribution in [-0.4, -0.2) is 67.1 Å². The number of hydrogen-bond donors (Lipinski definition) is 1. The summed E-state index contributed by atoms with van der Waals surface area (Å²) in [6, 6.07) is 9.59. The zero-order chi connectivity index (χ0) is 18.8. The highest BCUT2D eigenvalue weighted by Gasteiger charge is 2.38. The van der Waals surface area contributed by atoms with Crippen LogP contribution in [0.4, 0.5) is 5.69 Å². The number of anilines is 1. The Bertz CT molecular complexity index is 634. The average Bonchev–Trinajstić information content (AvgIpc) is 3.43. The molecule has 0 radical (unpaired) electrons. The number of aryl methyl sites for hydroxylation is 1. The molecule has 5 heteroatoms. The smallest absolute Gasteiger partial charge is 0.224 e. The van der Waals surface area contributed by atoms with E-state index in [-0.39, 0.29) is 0 Å². The Balaban J connectivity index is 1.29. The maximum Gasteiger partial charge on any atom is 0.224 e. The fourth-order valence-electron chi connectivity index (χ4n) is 4.68. The summed E-state index contributed by atoms with van der Waals surface area (Å²) in [4.78, 5) is 20.0. The molecule has 27 heavy (non-hydrogen) atoms. The Morgan fingerprint density at radius 1 is 1.00 bits per heavy atom. The number of nitrogens with two attached hydrogens (primary N) is 1. The van der Waals surface area contributed by atoms with E-state index in [4.69, 9.17) is 5.73 Å². The van der Waals surface area contributed by atoms with Gasteiger partial charge in [-0.25, -0.2) is 0 Å². The van der Waals surface area contributed by atoms with Gasteiger partial charge in [-0.3, -0.25) is 9.69 Å². The molecule has 148 valence electrons. The predicted octanol–water partition coefficient (Wildman–Crippen LogP) is 2.24. The average molecular weight is 371 g/mol. The minimum atomic E-state index is 0.335. The number of likely N-dealkylation sites (tertiary alicyclic amines) is 1. The van der Waals surface area contributed by atoms with Crippen LogP contribution in [0.2, 0.25) is 0 Å². The Kier molecular flexibility index (Phi) is 5.69. The third-order valence-electron chi connectivity index (χ3n) is 6.65. The summed E-state index contributed by atoms with van der Waals surface area (Å²) >= 11 is 0. The van der Waals surface area contributed by atoms with Gasteiger partial charge in [-0.2, -0.15) is 0 Å². The van der Waals surface area contributed by atoms with Crippen molar-refractivity contribution in [2.75, 3.05) is 44.2 Å². The summed E-state index contributed by atoms with van der Waals surface area (Å²) < 4.78 is 0. The van der Waals surface area contributed by atoms with Gasteiger partial charge >= 0.3 is 0 Å². The van der Waals surface area contributed by atoms with Crippen LogP contribution in [0.15, 0.2) is 24.3 Å². The maximum atomic E-state index is 12.9. The Morgan fingerprint density at radius 2 is 1.67 bits per heavy atom. The quantitative estimate of drug-likeness (QED) is 0.834. The molecule has 1 aromatic carbocycles. The number of nitrogens with zero attached hydrogens (tertiary/aromatic N) is 3. The van der Waals surface area contributed by atoms with Crippen molar-refractivity contribution in [3.63, 3.8) is 0 Å². The molecule has 1 aromatic rings. The van der Waals surface area contributed by atoms with Gasteiger partial charge in [-0.05, 0) is 50.7 Å². The molecule has 1 amide bonds. The largest absolute Gasteiger partial charge is 0.368 e. The molecule has 2 saturated heterocycles. The SMILES string of the molecule is Cc1ccc(N2CCN(C(=O)C[C@@H]3CC[C@H](CN)N3CC3CC3)CC2)cc1. The topological polar surface area (TPSA) is 52.8 Å². The lowest BCUT2D eigenvalue weighted by Gasteiger charge is -2.37. The van der Waals surface area contributed by atoms with Crippen molar-refractivity contribution in [1.82, 2.24) is 9.80 Å². The zero-order valence-corrected chi connectivity index (χ0v) is 16.6. The van der Waals surface area contributed by atoms with E-state index in [9.17, 15) is 4.79 Å². The van der Waals surface area contributed by atoms with Crippen LogP contribution >= 0.6 is 0 Å². The molecule has 2 N–H and O–H groups in total. The lowest BCUT2D eigenvalue weighted by molar-refractivity contribution is -0.132. The standard InChI is InChI=1S/C22H34N4O/c1-17-2-6-19(7-3-17)24-10-12-25(13-11-24)22(27)14-20-8-9-21(15-23)26(20)16-18-4-5-18/h2-3,6-7,18,20-21H,4-5,8-16,23H2,1H3/t20-,21+/m0/s1. The summed E-state index contributed by atoms with van der Waals surface area (Å²) in [5.74, 6) is 1.19. The minimum absolute atomic E-state index is 0.335. The van der Waals surface area contributed by atoms with E-state index >= 15 is 0 Å². The first-order chi connectivity index (χ1) is 13.1. The van der Waals surface area contributed by atoms with Gasteiger partial charge in [0, 0.05) is 63.5 Å². The van der Waals surface area contributed by atoms with Gasteiger partial charge in [0.05, 0.1) is 0 Å². The third-order valence-corrected chi connectivity index (χ3v) is 6.65. The monoisotopic (exact) mass is 370 g/mol. The van der Waals surface area contributed by atoms with Crippen LogP contribution in [0, 0.1) is 12.8 Å². The van der Waals surface area contributed by atoms with Gasteiger partial charge in [-0.15, -0.1) is 0 Å². The molecule has 0 spiro atoms. The highest BCUT2D eigenvalue weighted by Crippen LogP contribution is 2.35. The van der Waals surface area contributed by atoms with Crippen molar-refractivity contribution >= 4 is 11.6 Å².